The van der Waals surface area contributed by atoms with Crippen LogP contribution >= 0.6 is 0 Å². The first-order chi connectivity index (χ1) is 14.3. The summed E-state index contributed by atoms with van der Waals surface area (Å²) in [5, 5.41) is 26.6. The van der Waals surface area contributed by atoms with Gasteiger partial charge in [0.2, 0.25) is 0 Å². The zero-order valence-corrected chi connectivity index (χ0v) is 15.9. The molecule has 3 rings (SSSR count). The number of carbonyl (C=O) groups excluding carboxylic acids is 1. The Morgan fingerprint density at radius 1 is 1.17 bits per heavy atom. The van der Waals surface area contributed by atoms with Crippen LogP contribution < -0.4 is 10.1 Å². The van der Waals surface area contributed by atoms with Crippen LogP contribution in [0.15, 0.2) is 54.7 Å². The summed E-state index contributed by atoms with van der Waals surface area (Å²) in [7, 11) is 0. The summed E-state index contributed by atoms with van der Waals surface area (Å²) in [4.78, 5) is 34.1. The topological polar surface area (TPSA) is 137 Å². The Morgan fingerprint density at radius 2 is 1.90 bits per heavy atom. The highest BCUT2D eigenvalue weighted by molar-refractivity contribution is 6.03. The van der Waals surface area contributed by atoms with Crippen molar-refractivity contribution in [2.45, 2.75) is 19.9 Å². The molecular formula is C20H18N4O6. The monoisotopic (exact) mass is 410 g/mol. The Morgan fingerprint density at radius 3 is 2.57 bits per heavy atom. The van der Waals surface area contributed by atoms with Gasteiger partial charge in [0.25, 0.3) is 11.6 Å². The van der Waals surface area contributed by atoms with E-state index in [-0.39, 0.29) is 35.8 Å². The van der Waals surface area contributed by atoms with Crippen LogP contribution in [0.5, 0.6) is 11.5 Å². The number of nitro groups is 1. The van der Waals surface area contributed by atoms with E-state index in [2.05, 4.69) is 10.4 Å². The second-order valence-corrected chi connectivity index (χ2v) is 6.43. The Balaban J connectivity index is 1.83. The summed E-state index contributed by atoms with van der Waals surface area (Å²) in [6.07, 6.45) is 1.17. The number of hydrogen-bond acceptors (Lipinski definition) is 6. The van der Waals surface area contributed by atoms with Gasteiger partial charge in [-0.25, -0.2) is 0 Å². The van der Waals surface area contributed by atoms with E-state index in [0.717, 1.165) is 5.56 Å². The van der Waals surface area contributed by atoms with Crippen LogP contribution in [0, 0.1) is 17.0 Å². The van der Waals surface area contributed by atoms with E-state index in [1.54, 1.807) is 12.1 Å². The molecule has 0 aliphatic rings. The SMILES string of the molecule is Cc1ccc(Oc2cc(NC(=O)c3ccnn3CCC(=O)O)cc([N+](=O)[O-])c2)cc1. The van der Waals surface area contributed by atoms with Crippen molar-refractivity contribution in [1.29, 1.82) is 0 Å². The van der Waals surface area contributed by atoms with Gasteiger partial charge in [0, 0.05) is 18.3 Å². The molecule has 0 fully saturated rings. The van der Waals surface area contributed by atoms with Crippen LogP contribution in [-0.2, 0) is 11.3 Å². The maximum absolute atomic E-state index is 12.6. The van der Waals surface area contributed by atoms with E-state index in [0.29, 0.717) is 5.75 Å². The molecular weight excluding hydrogens is 392 g/mol. The minimum Gasteiger partial charge on any atom is -0.481 e. The summed E-state index contributed by atoms with van der Waals surface area (Å²) >= 11 is 0. The zero-order chi connectivity index (χ0) is 21.7. The number of anilines is 1. The third-order valence-electron chi connectivity index (χ3n) is 4.10. The van der Waals surface area contributed by atoms with E-state index in [1.807, 2.05) is 19.1 Å². The van der Waals surface area contributed by atoms with E-state index in [4.69, 9.17) is 9.84 Å². The van der Waals surface area contributed by atoms with E-state index in [1.165, 1.54) is 35.1 Å². The van der Waals surface area contributed by atoms with Crippen molar-refractivity contribution in [3.05, 3.63) is 76.1 Å². The van der Waals surface area contributed by atoms with Crippen molar-refractivity contribution in [1.82, 2.24) is 9.78 Å². The fourth-order valence-electron chi connectivity index (χ4n) is 2.66. The number of aryl methyl sites for hydroxylation is 2. The van der Waals surface area contributed by atoms with Crippen LogP contribution in [0.1, 0.15) is 22.5 Å². The molecule has 0 aliphatic heterocycles. The quantitative estimate of drug-likeness (QED) is 0.427. The van der Waals surface area contributed by atoms with Crippen molar-refractivity contribution >= 4 is 23.3 Å². The molecule has 1 amide bonds. The van der Waals surface area contributed by atoms with Gasteiger partial charge < -0.3 is 15.2 Å². The van der Waals surface area contributed by atoms with Crippen molar-refractivity contribution in [3.63, 3.8) is 0 Å². The third kappa shape index (κ3) is 5.19. The van der Waals surface area contributed by atoms with Crippen LogP contribution in [0.4, 0.5) is 11.4 Å². The van der Waals surface area contributed by atoms with Crippen LogP contribution in [-0.4, -0.2) is 31.7 Å². The number of carboxylic acid groups (broad SMARTS) is 1. The predicted octanol–water partition coefficient (Wildman–Crippen LogP) is 3.62. The van der Waals surface area contributed by atoms with Crippen LogP contribution in [0.3, 0.4) is 0 Å². The number of amides is 1. The van der Waals surface area contributed by atoms with Crippen LogP contribution in [0.2, 0.25) is 0 Å². The fourth-order valence-corrected chi connectivity index (χ4v) is 2.66. The maximum Gasteiger partial charge on any atom is 0.305 e. The lowest BCUT2D eigenvalue weighted by atomic mass is 10.2. The number of hydrogen-bond donors (Lipinski definition) is 2. The van der Waals surface area contributed by atoms with E-state index >= 15 is 0 Å². The summed E-state index contributed by atoms with van der Waals surface area (Å²) < 4.78 is 6.94. The maximum atomic E-state index is 12.6. The fraction of sp³-hybridized carbons (Fsp3) is 0.150. The molecule has 0 saturated heterocycles. The van der Waals surface area contributed by atoms with Crippen molar-refractivity contribution in [2.24, 2.45) is 0 Å². The lowest BCUT2D eigenvalue weighted by Crippen LogP contribution is -2.19. The molecule has 10 nitrogen and oxygen atoms in total. The molecule has 2 aromatic carbocycles. The summed E-state index contributed by atoms with van der Waals surface area (Å²) in [6, 6.07) is 12.5. The lowest BCUT2D eigenvalue weighted by molar-refractivity contribution is -0.384. The van der Waals surface area contributed by atoms with E-state index < -0.39 is 16.8 Å². The number of benzene rings is 2. The molecule has 10 heteroatoms. The first kappa shape index (κ1) is 20.5. The number of carbonyl (C=O) groups is 2. The average molecular weight is 410 g/mol. The number of aromatic nitrogens is 2. The molecule has 30 heavy (non-hydrogen) atoms. The summed E-state index contributed by atoms with van der Waals surface area (Å²) in [6.45, 7) is 1.94. The standard InChI is InChI=1S/C20H18N4O6/c1-13-2-4-16(5-3-13)30-17-11-14(10-15(12-17)24(28)29)22-20(27)18-6-8-21-23(18)9-7-19(25)26/h2-6,8,10-12H,7,9H2,1H3,(H,22,27)(H,25,26). The highest BCUT2D eigenvalue weighted by Crippen LogP contribution is 2.30. The lowest BCUT2D eigenvalue weighted by Gasteiger charge is -2.10. The van der Waals surface area contributed by atoms with Crippen molar-refractivity contribution in [3.8, 4) is 11.5 Å². The van der Waals surface area contributed by atoms with Gasteiger partial charge in [0.1, 0.15) is 17.2 Å². The Kier molecular flexibility index (Phi) is 6.06. The van der Waals surface area contributed by atoms with Gasteiger partial charge in [-0.05, 0) is 25.1 Å². The number of rotatable bonds is 8. The normalized spacial score (nSPS) is 10.4. The van der Waals surface area contributed by atoms with E-state index in [9.17, 15) is 19.7 Å². The van der Waals surface area contributed by atoms with Crippen molar-refractivity contribution < 1.29 is 24.4 Å². The first-order valence-corrected chi connectivity index (χ1v) is 8.91. The summed E-state index contributed by atoms with van der Waals surface area (Å²) in [5.41, 5.74) is 1.06. The molecule has 0 unspecified atom stereocenters. The number of non-ortho nitro benzene ring substituents is 1. The molecule has 3 aromatic rings. The second kappa shape index (κ2) is 8.86. The number of ether oxygens (including phenoxy) is 1. The number of carboxylic acids is 1. The first-order valence-electron chi connectivity index (χ1n) is 8.91. The molecule has 0 bridgehead atoms. The van der Waals surface area contributed by atoms with Gasteiger partial charge >= 0.3 is 5.97 Å². The minimum atomic E-state index is -1.02. The molecule has 0 aliphatic carbocycles. The molecule has 0 atom stereocenters. The molecule has 0 radical (unpaired) electrons. The molecule has 0 spiro atoms. The molecule has 1 aromatic heterocycles. The van der Waals surface area contributed by atoms with Crippen molar-refractivity contribution in [2.75, 3.05) is 5.32 Å². The summed E-state index contributed by atoms with van der Waals surface area (Å²) in [5.74, 6) is -0.930. The molecule has 154 valence electrons. The van der Waals surface area contributed by atoms with Gasteiger partial charge in [-0.15, -0.1) is 0 Å². The molecule has 1 heterocycles. The average Bonchev–Trinajstić information content (AvgIpc) is 3.17. The number of nitrogens with zero attached hydrogens (tertiary/aromatic N) is 3. The minimum absolute atomic E-state index is 0.0157. The molecule has 2 N–H and O–H groups in total. The third-order valence-corrected chi connectivity index (χ3v) is 4.10. The number of nitro benzene ring substituents is 1. The zero-order valence-electron chi connectivity index (χ0n) is 15.9. The predicted molar refractivity (Wildman–Crippen MR) is 107 cm³/mol. The number of nitrogens with one attached hydrogen (secondary N) is 1. The highest BCUT2D eigenvalue weighted by atomic mass is 16.6. The van der Waals surface area contributed by atoms with Gasteiger partial charge in [-0.2, -0.15) is 5.10 Å². The largest absolute Gasteiger partial charge is 0.481 e. The van der Waals surface area contributed by atoms with Gasteiger partial charge in [0.15, 0.2) is 0 Å². The Hall–Kier alpha value is -4.21. The highest BCUT2D eigenvalue weighted by Gasteiger charge is 2.17. The van der Waals surface area contributed by atoms with Gasteiger partial charge in [-0.1, -0.05) is 17.7 Å². The van der Waals surface area contributed by atoms with Gasteiger partial charge in [-0.3, -0.25) is 24.4 Å². The van der Waals surface area contributed by atoms with Crippen LogP contribution in [0.25, 0.3) is 0 Å². The Labute approximate surface area is 170 Å². The van der Waals surface area contributed by atoms with Gasteiger partial charge in [0.05, 0.1) is 29.6 Å². The smallest absolute Gasteiger partial charge is 0.305 e. The second-order valence-electron chi connectivity index (χ2n) is 6.43. The number of aliphatic carboxylic acids is 1. The molecule has 0 saturated carbocycles. The Bertz CT molecular complexity index is 1090.